The zero-order valence-electron chi connectivity index (χ0n) is 29.2. The number of aromatic amines is 1. The van der Waals surface area contributed by atoms with Crippen molar-refractivity contribution in [2.45, 2.75) is 159 Å². The standard InChI is InChI=1S/C32H56N5O12P/c1-3-4-5-6-7-8-9-10-11-12-13-14-15-16-17-45-50(44,47-21-25-27(38)28(39)29(40)31(42)49-25)46-20-24-23(35-36-33)18-26(48-24)37-19-22(2)30(41)34-32(37)43/h19,23-29,31,38-40,42H,3-18,20-21H2,1-2H3,(H,34,41,43)/t23?,24-,25-,26?,27-,28+,29+,31?,50?/m1/s1. The molecule has 3 heterocycles. The molecule has 0 spiro atoms. The van der Waals surface area contributed by atoms with Crippen LogP contribution >= 0.6 is 7.82 Å². The number of aromatic nitrogens is 2. The van der Waals surface area contributed by atoms with Crippen molar-refractivity contribution in [2.24, 2.45) is 5.11 Å². The summed E-state index contributed by atoms with van der Waals surface area (Å²) in [6, 6.07) is -0.848. The number of azide groups is 1. The first-order valence-corrected chi connectivity index (χ1v) is 19.4. The molecule has 3 rings (SSSR count). The maximum Gasteiger partial charge on any atom is 0.474 e. The highest BCUT2D eigenvalue weighted by molar-refractivity contribution is 7.48. The number of phosphoric ester groups is 1. The Morgan fingerprint density at radius 1 is 0.860 bits per heavy atom. The summed E-state index contributed by atoms with van der Waals surface area (Å²) in [4.78, 5) is 29.3. The number of hydrogen-bond donors (Lipinski definition) is 5. The van der Waals surface area contributed by atoms with E-state index >= 15 is 0 Å². The Kier molecular flexibility index (Phi) is 18.6. The summed E-state index contributed by atoms with van der Waals surface area (Å²) in [5.74, 6) is 0. The van der Waals surface area contributed by atoms with Gasteiger partial charge >= 0.3 is 13.5 Å². The van der Waals surface area contributed by atoms with Crippen molar-refractivity contribution in [3.05, 3.63) is 43.0 Å². The number of rotatable bonds is 24. The average Bonchev–Trinajstić information content (AvgIpc) is 3.49. The van der Waals surface area contributed by atoms with Gasteiger partial charge in [0.25, 0.3) is 5.56 Å². The number of nitrogens with zero attached hydrogens (tertiary/aromatic N) is 4. The first-order valence-electron chi connectivity index (χ1n) is 17.9. The third-order valence-electron chi connectivity index (χ3n) is 9.09. The van der Waals surface area contributed by atoms with Crippen LogP contribution < -0.4 is 11.2 Å². The molecular formula is C32H56N5O12P. The van der Waals surface area contributed by atoms with Crippen molar-refractivity contribution in [1.82, 2.24) is 9.55 Å². The zero-order chi connectivity index (χ0) is 36.5. The van der Waals surface area contributed by atoms with E-state index in [0.717, 1.165) is 30.3 Å². The van der Waals surface area contributed by atoms with Gasteiger partial charge in [-0.25, -0.2) is 9.36 Å². The lowest BCUT2D eigenvalue weighted by Crippen LogP contribution is -2.58. The van der Waals surface area contributed by atoms with Gasteiger partial charge in [-0.2, -0.15) is 0 Å². The molecule has 0 amide bonds. The van der Waals surface area contributed by atoms with Gasteiger partial charge < -0.3 is 29.9 Å². The maximum atomic E-state index is 13.8. The van der Waals surface area contributed by atoms with Gasteiger partial charge in [-0.05, 0) is 18.9 Å². The van der Waals surface area contributed by atoms with E-state index in [-0.39, 0.29) is 18.6 Å². The summed E-state index contributed by atoms with van der Waals surface area (Å²) in [6.07, 6.45) is 7.21. The van der Waals surface area contributed by atoms with E-state index in [2.05, 4.69) is 21.9 Å². The van der Waals surface area contributed by atoms with Crippen LogP contribution in [0.15, 0.2) is 20.9 Å². The molecule has 0 radical (unpaired) electrons. The zero-order valence-corrected chi connectivity index (χ0v) is 30.1. The van der Waals surface area contributed by atoms with Crippen LogP contribution in [0.4, 0.5) is 0 Å². The lowest BCUT2D eigenvalue weighted by molar-refractivity contribution is -0.285. The lowest BCUT2D eigenvalue weighted by Gasteiger charge is -2.38. The topological polar surface area (TPSA) is 248 Å². The van der Waals surface area contributed by atoms with Gasteiger partial charge in [-0.3, -0.25) is 27.9 Å². The number of hydrogen-bond acceptors (Lipinski definition) is 13. The smallest absolute Gasteiger partial charge is 0.387 e. The summed E-state index contributed by atoms with van der Waals surface area (Å²) in [5, 5.41) is 43.7. The monoisotopic (exact) mass is 733 g/mol. The predicted molar refractivity (Wildman–Crippen MR) is 182 cm³/mol. The Balaban J connectivity index is 1.52. The predicted octanol–water partition coefficient (Wildman–Crippen LogP) is 4.25. The minimum Gasteiger partial charge on any atom is -0.387 e. The second-order valence-electron chi connectivity index (χ2n) is 13.1. The highest BCUT2D eigenvalue weighted by Crippen LogP contribution is 2.51. The van der Waals surface area contributed by atoms with E-state index in [4.69, 9.17) is 28.6 Å². The molecule has 0 saturated carbocycles. The second-order valence-corrected chi connectivity index (χ2v) is 14.8. The fourth-order valence-electron chi connectivity index (χ4n) is 6.01. The molecule has 0 bridgehead atoms. The third-order valence-corrected chi connectivity index (χ3v) is 10.5. The molecule has 2 saturated heterocycles. The molecule has 50 heavy (non-hydrogen) atoms. The molecule has 2 aliphatic heterocycles. The second kappa shape index (κ2) is 22.0. The minimum absolute atomic E-state index is 0.00727. The summed E-state index contributed by atoms with van der Waals surface area (Å²) < 4.78 is 42.7. The first kappa shape index (κ1) is 42.3. The Labute approximate surface area is 292 Å². The molecule has 5 N–H and O–H groups in total. The fourth-order valence-corrected chi connectivity index (χ4v) is 7.24. The van der Waals surface area contributed by atoms with E-state index in [9.17, 15) is 34.6 Å². The van der Waals surface area contributed by atoms with E-state index in [1.54, 1.807) is 0 Å². The van der Waals surface area contributed by atoms with Crippen LogP contribution in [-0.2, 0) is 27.6 Å². The molecule has 2 fully saturated rings. The molecule has 18 heteroatoms. The summed E-state index contributed by atoms with van der Waals surface area (Å²) in [7, 11) is -4.41. The molecule has 9 atom stereocenters. The van der Waals surface area contributed by atoms with Crippen molar-refractivity contribution in [3.8, 4) is 0 Å². The summed E-state index contributed by atoms with van der Waals surface area (Å²) in [6.45, 7) is 2.66. The van der Waals surface area contributed by atoms with Crippen LogP contribution in [-0.4, -0.2) is 92.6 Å². The number of unbranched alkanes of at least 4 members (excludes halogenated alkanes) is 13. The highest BCUT2D eigenvalue weighted by Gasteiger charge is 2.45. The van der Waals surface area contributed by atoms with Gasteiger partial charge in [-0.15, -0.1) is 0 Å². The number of aliphatic hydroxyl groups is 4. The van der Waals surface area contributed by atoms with Crippen LogP contribution in [0.2, 0.25) is 0 Å². The van der Waals surface area contributed by atoms with E-state index in [0.29, 0.717) is 6.42 Å². The Bertz CT molecular complexity index is 1360. The van der Waals surface area contributed by atoms with Crippen LogP contribution in [0.1, 0.15) is 115 Å². The molecule has 2 aliphatic rings. The van der Waals surface area contributed by atoms with Gasteiger partial charge in [0, 0.05) is 23.1 Å². The van der Waals surface area contributed by atoms with Crippen LogP contribution in [0.5, 0.6) is 0 Å². The average molecular weight is 734 g/mol. The van der Waals surface area contributed by atoms with Crippen LogP contribution in [0.3, 0.4) is 0 Å². The van der Waals surface area contributed by atoms with Crippen molar-refractivity contribution in [1.29, 1.82) is 0 Å². The van der Waals surface area contributed by atoms with Gasteiger partial charge in [0.15, 0.2) is 6.29 Å². The molecule has 0 aromatic carbocycles. The normalized spacial score (nSPS) is 28.0. The largest absolute Gasteiger partial charge is 0.474 e. The molecule has 0 aliphatic carbocycles. The van der Waals surface area contributed by atoms with Gasteiger partial charge in [0.2, 0.25) is 0 Å². The quantitative estimate of drug-likeness (QED) is 0.0329. The van der Waals surface area contributed by atoms with Crippen molar-refractivity contribution in [3.63, 3.8) is 0 Å². The summed E-state index contributed by atoms with van der Waals surface area (Å²) in [5.41, 5.74) is 8.12. The SMILES string of the molecule is CCCCCCCCCCCCCCCCOP(=O)(OC[C@H]1OC(n2cc(C)c(=O)[nH]c2=O)CC1N=[N+]=[N-])OC[C@H]1OC(O)[C@@H](O)[C@@H](O)[C@@H]1O. The lowest BCUT2D eigenvalue weighted by atomic mass is 10.00. The highest BCUT2D eigenvalue weighted by atomic mass is 31.2. The van der Waals surface area contributed by atoms with E-state index < -0.39 is 81.4 Å². The van der Waals surface area contributed by atoms with Crippen LogP contribution in [0, 0.1) is 6.92 Å². The molecule has 286 valence electrons. The number of H-pyrrole nitrogens is 1. The van der Waals surface area contributed by atoms with E-state index in [1.807, 2.05) is 0 Å². The molecule has 1 aromatic heterocycles. The fraction of sp³-hybridized carbons (Fsp3) is 0.875. The number of aryl methyl sites for hydroxylation is 1. The molecule has 17 nitrogen and oxygen atoms in total. The van der Waals surface area contributed by atoms with E-state index in [1.165, 1.54) is 70.9 Å². The maximum absolute atomic E-state index is 13.8. The molecule has 1 aromatic rings. The number of ether oxygens (including phenoxy) is 2. The Morgan fingerprint density at radius 3 is 2.00 bits per heavy atom. The van der Waals surface area contributed by atoms with Crippen molar-refractivity contribution >= 4 is 7.82 Å². The molecular weight excluding hydrogens is 677 g/mol. The molecule has 4 unspecified atom stereocenters. The summed E-state index contributed by atoms with van der Waals surface area (Å²) >= 11 is 0. The minimum atomic E-state index is -4.41. The van der Waals surface area contributed by atoms with Crippen molar-refractivity contribution < 1.29 is 48.0 Å². The Morgan fingerprint density at radius 2 is 1.42 bits per heavy atom. The van der Waals surface area contributed by atoms with Gasteiger partial charge in [-0.1, -0.05) is 95.5 Å². The van der Waals surface area contributed by atoms with Gasteiger partial charge in [0.1, 0.15) is 30.6 Å². The first-order chi connectivity index (χ1) is 24.0. The number of aliphatic hydroxyl groups excluding tert-OH is 4. The number of nitrogens with one attached hydrogen (secondary N) is 1. The number of phosphoric acid groups is 1. The van der Waals surface area contributed by atoms with Crippen molar-refractivity contribution in [2.75, 3.05) is 19.8 Å². The van der Waals surface area contributed by atoms with Crippen LogP contribution in [0.25, 0.3) is 10.4 Å². The van der Waals surface area contributed by atoms with Gasteiger partial charge in [0.05, 0.1) is 32.0 Å². The Hall–Kier alpha value is -2.14. The third kappa shape index (κ3) is 13.4.